The molecule has 1 aromatic heterocycles. The highest BCUT2D eigenvalue weighted by Gasteiger charge is 2.14. The molecule has 0 spiro atoms. The molecule has 0 aliphatic heterocycles. The number of aromatic nitrogens is 2. The van der Waals surface area contributed by atoms with E-state index < -0.39 is 5.97 Å². The first-order chi connectivity index (χ1) is 12.7. The average Bonchev–Trinajstić information content (AvgIpc) is 3.03. The zero-order valence-electron chi connectivity index (χ0n) is 15.1. The maximum Gasteiger partial charge on any atom is 0.303 e. The lowest BCUT2D eigenvalue weighted by atomic mass is 10.0. The van der Waals surface area contributed by atoms with Gasteiger partial charge in [-0.3, -0.25) is 9.48 Å². The lowest BCUT2D eigenvalue weighted by Crippen LogP contribution is -2.31. The van der Waals surface area contributed by atoms with Crippen molar-refractivity contribution in [2.24, 2.45) is 0 Å². The minimum Gasteiger partial charge on any atom is -0.481 e. The van der Waals surface area contributed by atoms with Crippen molar-refractivity contribution >= 4 is 16.9 Å². The predicted molar refractivity (Wildman–Crippen MR) is 103 cm³/mol. The van der Waals surface area contributed by atoms with Gasteiger partial charge in [0.15, 0.2) is 0 Å². The van der Waals surface area contributed by atoms with Gasteiger partial charge in [0.05, 0.1) is 11.2 Å². The zero-order valence-corrected chi connectivity index (χ0v) is 15.1. The molecule has 3 aromatic rings. The molecule has 0 saturated heterocycles. The summed E-state index contributed by atoms with van der Waals surface area (Å²) >= 11 is 0. The standard InChI is InChI=1S/C21H25N3O2/c1-2-24-20-11-7-6-10-18(20)19(23-24)15-22-17(12-13-21(25)26)14-16-8-4-3-5-9-16/h3-11,17,22H,2,12-15H2,1H3,(H,25,26). The second-order valence-corrected chi connectivity index (χ2v) is 6.48. The minimum atomic E-state index is -0.759. The molecule has 0 bridgehead atoms. The maximum absolute atomic E-state index is 11.0. The van der Waals surface area contributed by atoms with Crippen molar-refractivity contribution in [1.82, 2.24) is 15.1 Å². The second kappa shape index (κ2) is 8.63. The Morgan fingerprint density at radius 2 is 1.88 bits per heavy atom. The van der Waals surface area contributed by atoms with E-state index in [4.69, 9.17) is 10.2 Å². The number of nitrogens with zero attached hydrogens (tertiary/aromatic N) is 2. The molecule has 26 heavy (non-hydrogen) atoms. The lowest BCUT2D eigenvalue weighted by Gasteiger charge is -2.18. The Bertz CT molecular complexity index is 858. The average molecular weight is 351 g/mol. The van der Waals surface area contributed by atoms with Crippen molar-refractivity contribution < 1.29 is 9.90 Å². The van der Waals surface area contributed by atoms with Crippen LogP contribution in [0.5, 0.6) is 0 Å². The Hall–Kier alpha value is -2.66. The Morgan fingerprint density at radius 1 is 1.15 bits per heavy atom. The van der Waals surface area contributed by atoms with E-state index in [1.807, 2.05) is 35.0 Å². The summed E-state index contributed by atoms with van der Waals surface area (Å²) in [7, 11) is 0. The molecule has 0 aliphatic rings. The van der Waals surface area contributed by atoms with Crippen molar-refractivity contribution in [3.63, 3.8) is 0 Å². The van der Waals surface area contributed by atoms with Crippen LogP contribution < -0.4 is 5.32 Å². The fourth-order valence-corrected chi connectivity index (χ4v) is 3.28. The monoisotopic (exact) mass is 351 g/mol. The topological polar surface area (TPSA) is 67.2 Å². The van der Waals surface area contributed by atoms with Crippen LogP contribution in [0.15, 0.2) is 54.6 Å². The van der Waals surface area contributed by atoms with Crippen LogP contribution in [-0.2, 0) is 24.3 Å². The number of carboxylic acid groups (broad SMARTS) is 1. The van der Waals surface area contributed by atoms with Gasteiger partial charge >= 0.3 is 5.97 Å². The molecule has 1 unspecified atom stereocenters. The summed E-state index contributed by atoms with van der Waals surface area (Å²) in [6.45, 7) is 3.54. The first-order valence-corrected chi connectivity index (χ1v) is 9.11. The van der Waals surface area contributed by atoms with Gasteiger partial charge in [0.1, 0.15) is 0 Å². The van der Waals surface area contributed by atoms with Gasteiger partial charge in [0.25, 0.3) is 0 Å². The summed E-state index contributed by atoms with van der Waals surface area (Å²) in [5.41, 5.74) is 3.35. The molecule has 0 amide bonds. The van der Waals surface area contributed by atoms with E-state index >= 15 is 0 Å². The molecule has 5 heteroatoms. The second-order valence-electron chi connectivity index (χ2n) is 6.48. The van der Waals surface area contributed by atoms with Crippen LogP contribution in [0.1, 0.15) is 31.0 Å². The molecule has 0 radical (unpaired) electrons. The van der Waals surface area contributed by atoms with E-state index in [9.17, 15) is 4.79 Å². The van der Waals surface area contributed by atoms with E-state index in [0.29, 0.717) is 13.0 Å². The number of hydrogen-bond acceptors (Lipinski definition) is 3. The summed E-state index contributed by atoms with van der Waals surface area (Å²) in [6.07, 6.45) is 1.56. The van der Waals surface area contributed by atoms with Gasteiger partial charge in [-0.05, 0) is 31.4 Å². The number of rotatable bonds is 9. The van der Waals surface area contributed by atoms with E-state index in [-0.39, 0.29) is 12.5 Å². The van der Waals surface area contributed by atoms with Gasteiger partial charge < -0.3 is 10.4 Å². The number of aliphatic carboxylic acids is 1. The fourth-order valence-electron chi connectivity index (χ4n) is 3.28. The summed E-state index contributed by atoms with van der Waals surface area (Å²) in [4.78, 5) is 11.0. The molecular weight excluding hydrogens is 326 g/mol. The SMILES string of the molecule is CCn1nc(CNC(CCC(=O)O)Cc2ccccc2)c2ccccc21. The molecule has 2 N–H and O–H groups in total. The highest BCUT2D eigenvalue weighted by atomic mass is 16.4. The third kappa shape index (κ3) is 4.49. The van der Waals surface area contributed by atoms with Crippen molar-refractivity contribution in [3.8, 4) is 0 Å². The van der Waals surface area contributed by atoms with E-state index in [0.717, 1.165) is 29.6 Å². The van der Waals surface area contributed by atoms with Crippen LogP contribution in [0.3, 0.4) is 0 Å². The van der Waals surface area contributed by atoms with Crippen LogP contribution >= 0.6 is 0 Å². The van der Waals surface area contributed by atoms with Gasteiger partial charge in [-0.15, -0.1) is 0 Å². The number of aryl methyl sites for hydroxylation is 1. The number of hydrogen-bond donors (Lipinski definition) is 2. The third-order valence-corrected chi connectivity index (χ3v) is 4.62. The molecule has 136 valence electrons. The molecule has 0 saturated carbocycles. The molecule has 0 aliphatic carbocycles. The van der Waals surface area contributed by atoms with Gasteiger partial charge in [-0.25, -0.2) is 0 Å². The molecule has 5 nitrogen and oxygen atoms in total. The molecular formula is C21H25N3O2. The van der Waals surface area contributed by atoms with E-state index in [1.54, 1.807) is 0 Å². The first kappa shape index (κ1) is 18.1. The Kier molecular flexibility index (Phi) is 6.02. The lowest BCUT2D eigenvalue weighted by molar-refractivity contribution is -0.137. The number of para-hydroxylation sites is 1. The zero-order chi connectivity index (χ0) is 18.4. The number of fused-ring (bicyclic) bond motifs is 1. The highest BCUT2D eigenvalue weighted by molar-refractivity contribution is 5.81. The van der Waals surface area contributed by atoms with E-state index in [2.05, 4.69) is 36.5 Å². The Morgan fingerprint density at radius 3 is 2.62 bits per heavy atom. The number of benzene rings is 2. The summed E-state index contributed by atoms with van der Waals surface area (Å²) in [5, 5.41) is 18.4. The molecule has 1 heterocycles. The summed E-state index contributed by atoms with van der Waals surface area (Å²) in [6, 6.07) is 18.5. The summed E-state index contributed by atoms with van der Waals surface area (Å²) < 4.78 is 2.01. The summed E-state index contributed by atoms with van der Waals surface area (Å²) in [5.74, 6) is -0.759. The van der Waals surface area contributed by atoms with E-state index in [1.165, 1.54) is 5.56 Å². The van der Waals surface area contributed by atoms with Crippen LogP contribution in [0.2, 0.25) is 0 Å². The quantitative estimate of drug-likeness (QED) is 0.618. The number of nitrogens with one attached hydrogen (secondary N) is 1. The molecule has 1 atom stereocenters. The van der Waals surface area contributed by atoms with Gasteiger partial charge in [-0.2, -0.15) is 5.10 Å². The highest BCUT2D eigenvalue weighted by Crippen LogP contribution is 2.19. The van der Waals surface area contributed by atoms with Crippen LogP contribution in [-0.4, -0.2) is 26.9 Å². The Balaban J connectivity index is 1.73. The predicted octanol–water partition coefficient (Wildman–Crippen LogP) is 3.62. The van der Waals surface area contributed by atoms with Gasteiger partial charge in [0.2, 0.25) is 0 Å². The third-order valence-electron chi connectivity index (χ3n) is 4.62. The van der Waals surface area contributed by atoms with Crippen molar-refractivity contribution in [2.75, 3.05) is 0 Å². The van der Waals surface area contributed by atoms with Crippen molar-refractivity contribution in [1.29, 1.82) is 0 Å². The minimum absolute atomic E-state index is 0.0963. The Labute approximate surface area is 153 Å². The maximum atomic E-state index is 11.0. The smallest absolute Gasteiger partial charge is 0.303 e. The first-order valence-electron chi connectivity index (χ1n) is 9.11. The largest absolute Gasteiger partial charge is 0.481 e. The number of carboxylic acids is 1. The normalized spacial score (nSPS) is 12.3. The van der Waals surface area contributed by atoms with Gasteiger partial charge in [0, 0.05) is 30.9 Å². The molecule has 3 rings (SSSR count). The van der Waals surface area contributed by atoms with Crippen LogP contribution in [0.4, 0.5) is 0 Å². The van der Waals surface area contributed by atoms with Crippen molar-refractivity contribution in [3.05, 3.63) is 65.9 Å². The van der Waals surface area contributed by atoms with Crippen LogP contribution in [0, 0.1) is 0 Å². The van der Waals surface area contributed by atoms with Crippen LogP contribution in [0.25, 0.3) is 10.9 Å². The fraction of sp³-hybridized carbons (Fsp3) is 0.333. The van der Waals surface area contributed by atoms with Crippen molar-refractivity contribution in [2.45, 2.75) is 45.3 Å². The molecule has 0 fully saturated rings. The number of carbonyl (C=O) groups is 1. The van der Waals surface area contributed by atoms with Gasteiger partial charge in [-0.1, -0.05) is 48.5 Å². The molecule has 2 aromatic carbocycles.